The van der Waals surface area contributed by atoms with E-state index in [1.165, 1.54) is 18.2 Å². The Bertz CT molecular complexity index is 765. The Balaban J connectivity index is 1.64. The first-order valence-electron chi connectivity index (χ1n) is 8.57. The maximum absolute atomic E-state index is 12.3. The van der Waals surface area contributed by atoms with Crippen molar-refractivity contribution < 1.29 is 18.7 Å². The lowest BCUT2D eigenvalue weighted by atomic mass is 10.0. The molecule has 1 aromatic carbocycles. The second-order valence-corrected chi connectivity index (χ2v) is 7.24. The molecule has 1 aliphatic heterocycles. The van der Waals surface area contributed by atoms with E-state index in [1.807, 2.05) is 4.90 Å². The van der Waals surface area contributed by atoms with Crippen molar-refractivity contribution in [3.8, 4) is 23.0 Å². The highest BCUT2D eigenvalue weighted by Gasteiger charge is 2.22. The molecule has 1 aliphatic rings. The number of methoxy groups -OCH3 is 2. The number of aromatic nitrogens is 2. The number of carbonyl (C=O) groups is 1. The minimum absolute atomic E-state index is 0.114. The predicted molar refractivity (Wildman–Crippen MR) is 98.5 cm³/mol. The molecule has 0 aliphatic carbocycles. The molecule has 0 saturated carbocycles. The van der Waals surface area contributed by atoms with Gasteiger partial charge in [-0.2, -0.15) is 0 Å². The number of hydrogen-bond donors (Lipinski definition) is 0. The summed E-state index contributed by atoms with van der Waals surface area (Å²) in [5.74, 6) is 2.60. The van der Waals surface area contributed by atoms with Crippen LogP contribution in [-0.2, 0) is 4.79 Å². The Morgan fingerprint density at radius 3 is 2.92 bits per heavy atom. The van der Waals surface area contributed by atoms with Crippen molar-refractivity contribution in [2.24, 2.45) is 5.92 Å². The van der Waals surface area contributed by atoms with E-state index in [-0.39, 0.29) is 5.91 Å². The zero-order chi connectivity index (χ0) is 18.5. The lowest BCUT2D eigenvalue weighted by molar-refractivity contribution is -0.130. The van der Waals surface area contributed by atoms with Crippen LogP contribution in [0.3, 0.4) is 0 Å². The maximum atomic E-state index is 12.3. The molecule has 1 aromatic heterocycles. The third-order valence-electron chi connectivity index (χ3n) is 4.37. The van der Waals surface area contributed by atoms with Crippen LogP contribution in [0.15, 0.2) is 27.8 Å². The van der Waals surface area contributed by atoms with Crippen LogP contribution in [0.4, 0.5) is 0 Å². The van der Waals surface area contributed by atoms with Gasteiger partial charge >= 0.3 is 0 Å². The average molecular weight is 377 g/mol. The van der Waals surface area contributed by atoms with Crippen LogP contribution in [0.1, 0.15) is 19.8 Å². The number of thioether (sulfide) groups is 1. The molecule has 0 unspecified atom stereocenters. The number of rotatable bonds is 6. The fourth-order valence-electron chi connectivity index (χ4n) is 2.98. The maximum Gasteiger partial charge on any atom is 0.277 e. The van der Waals surface area contributed by atoms with Gasteiger partial charge in [-0.1, -0.05) is 18.7 Å². The zero-order valence-electron chi connectivity index (χ0n) is 15.2. The second-order valence-electron chi connectivity index (χ2n) is 6.32. The summed E-state index contributed by atoms with van der Waals surface area (Å²) in [5.41, 5.74) is 0.684. The average Bonchev–Trinajstić information content (AvgIpc) is 3.14. The Kier molecular flexibility index (Phi) is 6.03. The van der Waals surface area contributed by atoms with Gasteiger partial charge in [-0.3, -0.25) is 4.79 Å². The third-order valence-corrected chi connectivity index (χ3v) is 5.18. The summed E-state index contributed by atoms with van der Waals surface area (Å²) < 4.78 is 16.2. The highest BCUT2D eigenvalue weighted by molar-refractivity contribution is 7.99. The van der Waals surface area contributed by atoms with Gasteiger partial charge < -0.3 is 18.8 Å². The van der Waals surface area contributed by atoms with E-state index in [2.05, 4.69) is 17.1 Å². The van der Waals surface area contributed by atoms with Crippen LogP contribution < -0.4 is 9.47 Å². The van der Waals surface area contributed by atoms with Crippen molar-refractivity contribution in [2.45, 2.75) is 25.0 Å². The van der Waals surface area contributed by atoms with Crippen molar-refractivity contribution in [1.82, 2.24) is 15.1 Å². The molecule has 0 N–H and O–H groups in total. The quantitative estimate of drug-likeness (QED) is 0.716. The molecule has 8 heteroatoms. The van der Waals surface area contributed by atoms with Crippen molar-refractivity contribution in [3.63, 3.8) is 0 Å². The van der Waals surface area contributed by atoms with Gasteiger partial charge in [-0.15, -0.1) is 10.2 Å². The van der Waals surface area contributed by atoms with Crippen molar-refractivity contribution >= 4 is 17.7 Å². The fourth-order valence-corrected chi connectivity index (χ4v) is 3.65. The molecule has 2 aromatic rings. The normalized spacial score (nSPS) is 17.2. The summed E-state index contributed by atoms with van der Waals surface area (Å²) in [6.45, 7) is 3.85. The molecule has 140 valence electrons. The zero-order valence-corrected chi connectivity index (χ0v) is 16.0. The number of nitrogens with zero attached hydrogens (tertiary/aromatic N) is 3. The van der Waals surface area contributed by atoms with E-state index in [4.69, 9.17) is 13.9 Å². The molecule has 1 fully saturated rings. The fraction of sp³-hybridized carbons (Fsp3) is 0.500. The SMILES string of the molecule is COc1ccc(-c2nnc(SCC(=O)N3CCC[C@H](C)C3)o2)c(OC)c1. The highest BCUT2D eigenvalue weighted by Crippen LogP contribution is 2.33. The largest absolute Gasteiger partial charge is 0.497 e. The van der Waals surface area contributed by atoms with Gasteiger partial charge in [0.05, 0.1) is 25.5 Å². The molecule has 0 bridgehead atoms. The molecule has 0 spiro atoms. The Hall–Kier alpha value is -2.22. The molecule has 1 amide bonds. The van der Waals surface area contributed by atoms with Crippen LogP contribution >= 0.6 is 11.8 Å². The topological polar surface area (TPSA) is 77.7 Å². The van der Waals surface area contributed by atoms with Gasteiger partial charge in [0, 0.05) is 19.2 Å². The number of carbonyl (C=O) groups excluding carboxylic acids is 1. The van der Waals surface area contributed by atoms with E-state index in [0.717, 1.165) is 19.5 Å². The summed E-state index contributed by atoms with van der Waals surface area (Å²) in [6, 6.07) is 5.36. The van der Waals surface area contributed by atoms with E-state index < -0.39 is 0 Å². The Morgan fingerprint density at radius 1 is 1.35 bits per heavy atom. The van der Waals surface area contributed by atoms with Gasteiger partial charge in [-0.05, 0) is 30.9 Å². The molecule has 0 radical (unpaired) electrons. The molecule has 1 atom stereocenters. The molecule has 26 heavy (non-hydrogen) atoms. The summed E-state index contributed by atoms with van der Waals surface area (Å²) in [5, 5.41) is 8.47. The summed E-state index contributed by atoms with van der Waals surface area (Å²) in [7, 11) is 3.17. The molecular formula is C18H23N3O4S. The van der Waals surface area contributed by atoms with E-state index in [9.17, 15) is 4.79 Å². The minimum Gasteiger partial charge on any atom is -0.497 e. The van der Waals surface area contributed by atoms with Crippen LogP contribution in [0, 0.1) is 5.92 Å². The van der Waals surface area contributed by atoms with Crippen LogP contribution in [-0.4, -0.2) is 54.1 Å². The van der Waals surface area contributed by atoms with Gasteiger partial charge in [0.2, 0.25) is 5.91 Å². The van der Waals surface area contributed by atoms with Gasteiger partial charge in [0.15, 0.2) is 0 Å². The number of benzene rings is 1. The second kappa shape index (κ2) is 8.44. The number of piperidine rings is 1. The number of amides is 1. The molecular weight excluding hydrogens is 354 g/mol. The lowest BCUT2D eigenvalue weighted by Crippen LogP contribution is -2.40. The first-order chi connectivity index (χ1) is 12.6. The number of ether oxygens (including phenoxy) is 2. The third kappa shape index (κ3) is 4.30. The van der Waals surface area contributed by atoms with Gasteiger partial charge in [0.25, 0.3) is 11.1 Å². The lowest BCUT2D eigenvalue weighted by Gasteiger charge is -2.30. The first kappa shape index (κ1) is 18.6. The smallest absolute Gasteiger partial charge is 0.277 e. The standard InChI is InChI=1S/C18H23N3O4S/c1-12-5-4-8-21(10-12)16(22)11-26-18-20-19-17(25-18)14-7-6-13(23-2)9-15(14)24-3/h6-7,9,12H,4-5,8,10-11H2,1-3H3/t12-/m0/s1. The molecule has 1 saturated heterocycles. The predicted octanol–water partition coefficient (Wildman–Crippen LogP) is 3.10. The number of hydrogen-bond acceptors (Lipinski definition) is 7. The summed E-state index contributed by atoms with van der Waals surface area (Å²) in [6.07, 6.45) is 2.26. The Labute approximate surface area is 157 Å². The summed E-state index contributed by atoms with van der Waals surface area (Å²) >= 11 is 1.26. The first-order valence-corrected chi connectivity index (χ1v) is 9.55. The molecule has 2 heterocycles. The molecule has 7 nitrogen and oxygen atoms in total. The minimum atomic E-state index is 0.114. The van der Waals surface area contributed by atoms with Crippen molar-refractivity contribution in [1.29, 1.82) is 0 Å². The van der Waals surface area contributed by atoms with Crippen molar-refractivity contribution in [2.75, 3.05) is 33.1 Å². The highest BCUT2D eigenvalue weighted by atomic mass is 32.2. The van der Waals surface area contributed by atoms with Gasteiger partial charge in [0.1, 0.15) is 11.5 Å². The summed E-state index contributed by atoms with van der Waals surface area (Å²) in [4.78, 5) is 14.3. The van der Waals surface area contributed by atoms with Crippen LogP contribution in [0.5, 0.6) is 11.5 Å². The van der Waals surface area contributed by atoms with E-state index in [1.54, 1.807) is 32.4 Å². The number of likely N-dealkylation sites (tertiary alicyclic amines) is 1. The monoisotopic (exact) mass is 377 g/mol. The van der Waals surface area contributed by atoms with E-state index >= 15 is 0 Å². The van der Waals surface area contributed by atoms with E-state index in [0.29, 0.717) is 39.8 Å². The molecule has 3 rings (SSSR count). The Morgan fingerprint density at radius 2 is 2.19 bits per heavy atom. The van der Waals surface area contributed by atoms with Crippen LogP contribution in [0.25, 0.3) is 11.5 Å². The van der Waals surface area contributed by atoms with Crippen LogP contribution in [0.2, 0.25) is 0 Å². The van der Waals surface area contributed by atoms with Crippen molar-refractivity contribution in [3.05, 3.63) is 18.2 Å². The van der Waals surface area contributed by atoms with Gasteiger partial charge in [-0.25, -0.2) is 0 Å².